The molecule has 3 heterocycles. The van der Waals surface area contributed by atoms with E-state index in [-0.39, 0.29) is 5.41 Å². The maximum absolute atomic E-state index is 13.6. The summed E-state index contributed by atoms with van der Waals surface area (Å²) in [6.07, 6.45) is 3.71. The van der Waals surface area contributed by atoms with Crippen molar-refractivity contribution in [1.29, 1.82) is 0 Å². The van der Waals surface area contributed by atoms with E-state index in [4.69, 9.17) is 4.74 Å². The third kappa shape index (κ3) is 3.26. The normalized spacial score (nSPS) is 16.7. The fraction of sp³-hybridized carbons (Fsp3) is 0.368. The van der Waals surface area contributed by atoms with Gasteiger partial charge in [-0.25, -0.2) is 13.8 Å². The van der Waals surface area contributed by atoms with Crippen LogP contribution in [0.5, 0.6) is 5.75 Å². The van der Waals surface area contributed by atoms with Crippen molar-refractivity contribution < 1.29 is 13.5 Å². The number of benzene rings is 1. The van der Waals surface area contributed by atoms with Crippen molar-refractivity contribution in [2.24, 2.45) is 5.41 Å². The van der Waals surface area contributed by atoms with Crippen molar-refractivity contribution >= 4 is 11.0 Å². The Labute approximate surface area is 149 Å². The summed E-state index contributed by atoms with van der Waals surface area (Å²) in [7, 11) is 0. The van der Waals surface area contributed by atoms with Gasteiger partial charge in [0.15, 0.2) is 5.65 Å². The third-order valence-corrected chi connectivity index (χ3v) is 4.95. The zero-order chi connectivity index (χ0) is 18.1. The average molecular weight is 358 g/mol. The Morgan fingerprint density at radius 3 is 2.62 bits per heavy atom. The number of ether oxygens (including phenoxy) is 1. The number of aromatic nitrogens is 3. The minimum absolute atomic E-state index is 0.0930. The van der Waals surface area contributed by atoms with Crippen LogP contribution in [0.15, 0.2) is 30.5 Å². The number of rotatable bonds is 4. The van der Waals surface area contributed by atoms with E-state index in [1.54, 1.807) is 12.3 Å². The van der Waals surface area contributed by atoms with E-state index in [9.17, 15) is 8.78 Å². The number of halogens is 2. The molecular weight excluding hydrogens is 338 g/mol. The Balaban J connectivity index is 1.70. The second-order valence-corrected chi connectivity index (χ2v) is 7.11. The number of pyridine rings is 1. The molecule has 136 valence electrons. The summed E-state index contributed by atoms with van der Waals surface area (Å²) >= 11 is 0. The minimum Gasteiger partial charge on any atom is -0.492 e. The lowest BCUT2D eigenvalue weighted by Gasteiger charge is -2.33. The van der Waals surface area contributed by atoms with Crippen LogP contribution in [0.25, 0.3) is 22.3 Å². The van der Waals surface area contributed by atoms with E-state index in [1.807, 2.05) is 0 Å². The van der Waals surface area contributed by atoms with Crippen LogP contribution in [-0.4, -0.2) is 34.9 Å². The van der Waals surface area contributed by atoms with E-state index in [1.165, 1.54) is 12.1 Å². The highest BCUT2D eigenvalue weighted by atomic mass is 19.1. The van der Waals surface area contributed by atoms with Crippen LogP contribution < -0.4 is 10.1 Å². The van der Waals surface area contributed by atoms with Crippen molar-refractivity contribution in [2.75, 3.05) is 19.7 Å². The first-order valence-electron chi connectivity index (χ1n) is 8.67. The van der Waals surface area contributed by atoms with Crippen LogP contribution >= 0.6 is 0 Å². The number of aromatic amines is 1. The molecule has 4 rings (SSSR count). The summed E-state index contributed by atoms with van der Waals surface area (Å²) in [4.78, 5) is 4.25. The predicted molar refractivity (Wildman–Crippen MR) is 94.9 cm³/mol. The van der Waals surface area contributed by atoms with Crippen molar-refractivity contribution in [3.63, 3.8) is 0 Å². The van der Waals surface area contributed by atoms with Gasteiger partial charge in [-0.15, -0.1) is 0 Å². The molecule has 0 aliphatic carbocycles. The first-order valence-corrected chi connectivity index (χ1v) is 8.67. The quantitative estimate of drug-likeness (QED) is 0.747. The second kappa shape index (κ2) is 6.64. The summed E-state index contributed by atoms with van der Waals surface area (Å²) in [6.45, 7) is 4.73. The fourth-order valence-corrected chi connectivity index (χ4v) is 3.37. The maximum atomic E-state index is 13.6. The molecule has 5 nitrogen and oxygen atoms in total. The van der Waals surface area contributed by atoms with Gasteiger partial charge in [0, 0.05) is 23.2 Å². The fourth-order valence-electron chi connectivity index (χ4n) is 3.37. The first kappa shape index (κ1) is 16.9. The van der Waals surface area contributed by atoms with Crippen molar-refractivity contribution in [3.8, 4) is 17.0 Å². The van der Waals surface area contributed by atoms with Gasteiger partial charge < -0.3 is 10.1 Å². The number of fused-ring (bicyclic) bond motifs is 1. The standard InChI is InChI=1S/C19H20F2N4O/c1-19(3-6-22-7-4-19)11-26-15-2-5-23-18-16(15)17(24-25-18)12-8-13(20)10-14(21)9-12/h2,5,8-10,22H,3-4,6-7,11H2,1H3,(H,23,24,25). The van der Waals surface area contributed by atoms with Gasteiger partial charge in [0.1, 0.15) is 23.1 Å². The largest absolute Gasteiger partial charge is 0.492 e. The minimum atomic E-state index is -0.648. The highest BCUT2D eigenvalue weighted by Gasteiger charge is 2.28. The van der Waals surface area contributed by atoms with Crippen molar-refractivity contribution in [1.82, 2.24) is 20.5 Å². The molecule has 0 unspecified atom stereocenters. The lowest BCUT2D eigenvalue weighted by atomic mass is 9.82. The van der Waals surface area contributed by atoms with E-state index < -0.39 is 11.6 Å². The molecule has 0 bridgehead atoms. The molecule has 0 spiro atoms. The maximum Gasteiger partial charge on any atom is 0.159 e. The number of nitrogens with zero attached hydrogens (tertiary/aromatic N) is 2. The molecule has 0 amide bonds. The summed E-state index contributed by atoms with van der Waals surface area (Å²) in [5.41, 5.74) is 1.39. The van der Waals surface area contributed by atoms with Gasteiger partial charge in [0.05, 0.1) is 12.0 Å². The average Bonchev–Trinajstić information content (AvgIpc) is 3.04. The predicted octanol–water partition coefficient (Wildman–Crippen LogP) is 3.67. The zero-order valence-corrected chi connectivity index (χ0v) is 14.5. The number of nitrogens with one attached hydrogen (secondary N) is 2. The molecule has 1 aliphatic heterocycles. The molecule has 1 fully saturated rings. The van der Waals surface area contributed by atoms with E-state index in [2.05, 4.69) is 27.4 Å². The monoisotopic (exact) mass is 358 g/mol. The van der Waals surface area contributed by atoms with Gasteiger partial charge in [0.25, 0.3) is 0 Å². The van der Waals surface area contributed by atoms with Gasteiger partial charge >= 0.3 is 0 Å². The number of piperidine rings is 1. The van der Waals surface area contributed by atoms with Crippen LogP contribution in [0.4, 0.5) is 8.78 Å². The first-order chi connectivity index (χ1) is 12.5. The van der Waals surface area contributed by atoms with Gasteiger partial charge in [0.2, 0.25) is 0 Å². The molecule has 7 heteroatoms. The molecule has 1 aliphatic rings. The Morgan fingerprint density at radius 1 is 1.15 bits per heavy atom. The molecule has 0 atom stereocenters. The lowest BCUT2D eigenvalue weighted by molar-refractivity contribution is 0.124. The molecule has 1 aromatic carbocycles. The topological polar surface area (TPSA) is 62.8 Å². The Morgan fingerprint density at radius 2 is 1.88 bits per heavy atom. The van der Waals surface area contributed by atoms with Crippen LogP contribution in [0.1, 0.15) is 19.8 Å². The summed E-state index contributed by atoms with van der Waals surface area (Å²) in [6, 6.07) is 5.11. The summed E-state index contributed by atoms with van der Waals surface area (Å²) in [5, 5.41) is 11.0. The Bertz CT molecular complexity index is 914. The van der Waals surface area contributed by atoms with Crippen molar-refractivity contribution in [3.05, 3.63) is 42.1 Å². The summed E-state index contributed by atoms with van der Waals surface area (Å²) < 4.78 is 33.4. The Kier molecular flexibility index (Phi) is 4.32. The van der Waals surface area contributed by atoms with Crippen LogP contribution in [0.3, 0.4) is 0 Å². The molecule has 0 saturated carbocycles. The van der Waals surface area contributed by atoms with E-state index in [0.29, 0.717) is 34.6 Å². The van der Waals surface area contributed by atoms with Gasteiger partial charge in [-0.05, 0) is 44.1 Å². The molecule has 1 saturated heterocycles. The third-order valence-electron chi connectivity index (χ3n) is 4.95. The SMILES string of the molecule is CC1(COc2ccnc3[nH]nc(-c4cc(F)cc(F)c4)c23)CCNCC1. The van der Waals surface area contributed by atoms with E-state index in [0.717, 1.165) is 32.0 Å². The van der Waals surface area contributed by atoms with Crippen LogP contribution in [0.2, 0.25) is 0 Å². The number of hydrogen-bond donors (Lipinski definition) is 2. The molecule has 2 N–H and O–H groups in total. The summed E-state index contributed by atoms with van der Waals surface area (Å²) in [5.74, 6) is -0.683. The Hall–Kier alpha value is -2.54. The van der Waals surface area contributed by atoms with Crippen LogP contribution in [-0.2, 0) is 0 Å². The second-order valence-electron chi connectivity index (χ2n) is 7.11. The van der Waals surface area contributed by atoms with Crippen molar-refractivity contribution in [2.45, 2.75) is 19.8 Å². The molecule has 26 heavy (non-hydrogen) atoms. The highest BCUT2D eigenvalue weighted by Crippen LogP contribution is 2.35. The molecule has 2 aromatic heterocycles. The smallest absolute Gasteiger partial charge is 0.159 e. The zero-order valence-electron chi connectivity index (χ0n) is 14.5. The van der Waals surface area contributed by atoms with E-state index >= 15 is 0 Å². The highest BCUT2D eigenvalue weighted by molar-refractivity contribution is 5.95. The van der Waals surface area contributed by atoms with Gasteiger partial charge in [-0.1, -0.05) is 6.92 Å². The molecular formula is C19H20F2N4O. The van der Waals surface area contributed by atoms with Gasteiger partial charge in [-0.3, -0.25) is 5.10 Å². The van der Waals surface area contributed by atoms with Gasteiger partial charge in [-0.2, -0.15) is 5.10 Å². The van der Waals surface area contributed by atoms with Crippen LogP contribution in [0, 0.1) is 17.0 Å². The number of H-pyrrole nitrogens is 1. The molecule has 3 aromatic rings. The number of hydrogen-bond acceptors (Lipinski definition) is 4. The lowest BCUT2D eigenvalue weighted by Crippen LogP contribution is -2.38. The molecule has 0 radical (unpaired) electrons.